The molecule has 0 fully saturated rings. The highest BCUT2D eigenvalue weighted by Gasteiger charge is 2.14. The van der Waals surface area contributed by atoms with Gasteiger partial charge in [-0.3, -0.25) is 0 Å². The van der Waals surface area contributed by atoms with Crippen LogP contribution in [0.1, 0.15) is 30.8 Å². The number of para-hydroxylation sites is 1. The zero-order valence-corrected chi connectivity index (χ0v) is 12.2. The highest BCUT2D eigenvalue weighted by Crippen LogP contribution is 2.23. The third-order valence-electron chi connectivity index (χ3n) is 2.98. The summed E-state index contributed by atoms with van der Waals surface area (Å²) in [5.74, 6) is -0.229. The molecule has 0 saturated heterocycles. The zero-order chi connectivity index (χ0) is 13.1. The number of nitrogens with zero attached hydrogens (tertiary/aromatic N) is 2. The number of halogens is 2. The van der Waals surface area contributed by atoms with Crippen molar-refractivity contribution in [3.63, 3.8) is 0 Å². The highest BCUT2D eigenvalue weighted by molar-refractivity contribution is 9.08. The van der Waals surface area contributed by atoms with Crippen molar-refractivity contribution >= 4 is 15.9 Å². The molecule has 0 saturated carbocycles. The molecule has 0 unspecified atom stereocenters. The first-order valence-electron chi connectivity index (χ1n) is 6.12. The molecule has 4 heteroatoms. The molecule has 1 heterocycles. The van der Waals surface area contributed by atoms with Crippen LogP contribution in [-0.2, 0) is 18.2 Å². The molecule has 0 aliphatic carbocycles. The van der Waals surface area contributed by atoms with Gasteiger partial charge >= 0.3 is 0 Å². The van der Waals surface area contributed by atoms with E-state index >= 15 is 0 Å². The van der Waals surface area contributed by atoms with E-state index in [9.17, 15) is 4.39 Å². The number of aromatic nitrogens is 2. The van der Waals surface area contributed by atoms with E-state index in [1.807, 2.05) is 12.1 Å². The van der Waals surface area contributed by atoms with E-state index in [-0.39, 0.29) is 5.82 Å². The van der Waals surface area contributed by atoms with Gasteiger partial charge in [0.1, 0.15) is 11.5 Å². The summed E-state index contributed by atoms with van der Waals surface area (Å²) in [6.45, 7) is 4.11. The normalized spacial score (nSPS) is 10.9. The second-order valence-corrected chi connectivity index (χ2v) is 4.69. The van der Waals surface area contributed by atoms with Crippen LogP contribution in [-0.4, -0.2) is 9.78 Å². The summed E-state index contributed by atoms with van der Waals surface area (Å²) in [4.78, 5) is 0. The molecule has 0 aliphatic heterocycles. The molecule has 0 bridgehead atoms. The molecule has 2 nitrogen and oxygen atoms in total. The van der Waals surface area contributed by atoms with Crippen LogP contribution in [0.2, 0.25) is 0 Å². The standard InChI is InChI=1S/C14H16BrFN2/c1-3-11-8-12(4-2)18(17-11)14-10(9-15)6-5-7-13(14)16/h5-8H,3-4,9H2,1-2H3. The van der Waals surface area contributed by atoms with Crippen molar-refractivity contribution in [3.05, 3.63) is 47.0 Å². The number of hydrogen-bond acceptors (Lipinski definition) is 1. The lowest BCUT2D eigenvalue weighted by Crippen LogP contribution is -2.07. The fourth-order valence-corrected chi connectivity index (χ4v) is 2.45. The SMILES string of the molecule is CCc1cc(CC)n(-c2c(F)cccc2CBr)n1. The average molecular weight is 311 g/mol. The number of hydrogen-bond donors (Lipinski definition) is 0. The van der Waals surface area contributed by atoms with Gasteiger partial charge in [0.25, 0.3) is 0 Å². The topological polar surface area (TPSA) is 17.8 Å². The summed E-state index contributed by atoms with van der Waals surface area (Å²) in [7, 11) is 0. The van der Waals surface area contributed by atoms with Gasteiger partial charge in [-0.2, -0.15) is 5.10 Å². The lowest BCUT2D eigenvalue weighted by atomic mass is 10.2. The molecule has 1 aromatic carbocycles. The van der Waals surface area contributed by atoms with E-state index < -0.39 is 0 Å². The maximum atomic E-state index is 14.1. The van der Waals surface area contributed by atoms with Crippen molar-refractivity contribution in [2.24, 2.45) is 0 Å². The predicted molar refractivity (Wildman–Crippen MR) is 74.9 cm³/mol. The van der Waals surface area contributed by atoms with Gasteiger partial charge in [0.15, 0.2) is 0 Å². The molecule has 0 spiro atoms. The minimum atomic E-state index is -0.229. The summed E-state index contributed by atoms with van der Waals surface area (Å²) in [5.41, 5.74) is 3.51. The van der Waals surface area contributed by atoms with Gasteiger partial charge in [-0.25, -0.2) is 9.07 Å². The Balaban J connectivity index is 2.64. The second kappa shape index (κ2) is 5.65. The molecule has 0 aliphatic rings. The Kier molecular flexibility index (Phi) is 4.17. The first-order valence-corrected chi connectivity index (χ1v) is 7.24. The fraction of sp³-hybridized carbons (Fsp3) is 0.357. The van der Waals surface area contributed by atoms with E-state index in [2.05, 4.69) is 34.9 Å². The lowest BCUT2D eigenvalue weighted by Gasteiger charge is -2.11. The lowest BCUT2D eigenvalue weighted by molar-refractivity contribution is 0.603. The smallest absolute Gasteiger partial charge is 0.149 e. The summed E-state index contributed by atoms with van der Waals surface area (Å²) >= 11 is 3.40. The van der Waals surface area contributed by atoms with Crippen LogP contribution in [0.5, 0.6) is 0 Å². The molecule has 0 N–H and O–H groups in total. The Bertz CT molecular complexity index is 549. The van der Waals surface area contributed by atoms with Crippen LogP contribution >= 0.6 is 15.9 Å². The van der Waals surface area contributed by atoms with Crippen molar-refractivity contribution in [1.82, 2.24) is 9.78 Å². The van der Waals surface area contributed by atoms with Gasteiger partial charge in [0.05, 0.1) is 5.69 Å². The van der Waals surface area contributed by atoms with E-state index in [0.29, 0.717) is 11.0 Å². The first kappa shape index (κ1) is 13.3. The maximum Gasteiger partial charge on any atom is 0.149 e. The summed E-state index contributed by atoms with van der Waals surface area (Å²) < 4.78 is 15.8. The molecule has 1 aromatic heterocycles. The Labute approximate surface area is 115 Å². The van der Waals surface area contributed by atoms with E-state index in [0.717, 1.165) is 29.8 Å². The van der Waals surface area contributed by atoms with Crippen LogP contribution in [0.25, 0.3) is 5.69 Å². The van der Waals surface area contributed by atoms with Crippen molar-refractivity contribution in [2.75, 3.05) is 0 Å². The minimum absolute atomic E-state index is 0.229. The van der Waals surface area contributed by atoms with Crippen molar-refractivity contribution in [1.29, 1.82) is 0 Å². The average Bonchev–Trinajstić information content (AvgIpc) is 2.81. The molecule has 0 atom stereocenters. The summed E-state index contributed by atoms with van der Waals surface area (Å²) in [6, 6.07) is 7.17. The van der Waals surface area contributed by atoms with Crippen LogP contribution in [0, 0.1) is 5.82 Å². The zero-order valence-electron chi connectivity index (χ0n) is 10.6. The van der Waals surface area contributed by atoms with Crippen molar-refractivity contribution in [3.8, 4) is 5.69 Å². The molecular weight excluding hydrogens is 295 g/mol. The van der Waals surface area contributed by atoms with Gasteiger partial charge in [-0.05, 0) is 30.5 Å². The number of rotatable bonds is 4. The maximum absolute atomic E-state index is 14.1. The molecule has 18 heavy (non-hydrogen) atoms. The fourth-order valence-electron chi connectivity index (χ4n) is 2.00. The quantitative estimate of drug-likeness (QED) is 0.780. The minimum Gasteiger partial charge on any atom is -0.234 e. The van der Waals surface area contributed by atoms with E-state index in [4.69, 9.17) is 0 Å². The van der Waals surface area contributed by atoms with E-state index in [1.165, 1.54) is 6.07 Å². The largest absolute Gasteiger partial charge is 0.234 e. The second-order valence-electron chi connectivity index (χ2n) is 4.13. The molecule has 2 rings (SSSR count). The van der Waals surface area contributed by atoms with Crippen LogP contribution in [0.15, 0.2) is 24.3 Å². The van der Waals surface area contributed by atoms with Crippen LogP contribution < -0.4 is 0 Å². The molecule has 0 amide bonds. The third-order valence-corrected chi connectivity index (χ3v) is 3.59. The van der Waals surface area contributed by atoms with Gasteiger partial charge in [0.2, 0.25) is 0 Å². The molecule has 0 radical (unpaired) electrons. The van der Waals surface area contributed by atoms with E-state index in [1.54, 1.807) is 10.7 Å². The Morgan fingerprint density at radius 2 is 2.06 bits per heavy atom. The van der Waals surface area contributed by atoms with Crippen LogP contribution in [0.4, 0.5) is 4.39 Å². The molecule has 96 valence electrons. The molecular formula is C14H16BrFN2. The number of alkyl halides is 1. The summed E-state index contributed by atoms with van der Waals surface area (Å²) in [6.07, 6.45) is 1.70. The highest BCUT2D eigenvalue weighted by atomic mass is 79.9. The number of benzene rings is 1. The van der Waals surface area contributed by atoms with Gasteiger partial charge in [0, 0.05) is 11.0 Å². The van der Waals surface area contributed by atoms with Crippen LogP contribution in [0.3, 0.4) is 0 Å². The number of aryl methyl sites for hydroxylation is 2. The van der Waals surface area contributed by atoms with Crippen molar-refractivity contribution in [2.45, 2.75) is 32.0 Å². The van der Waals surface area contributed by atoms with Gasteiger partial charge in [-0.15, -0.1) is 0 Å². The van der Waals surface area contributed by atoms with Crippen molar-refractivity contribution < 1.29 is 4.39 Å². The molecule has 2 aromatic rings. The summed E-state index contributed by atoms with van der Waals surface area (Å²) in [5, 5.41) is 5.11. The van der Waals surface area contributed by atoms with Gasteiger partial charge in [-0.1, -0.05) is 41.9 Å². The third kappa shape index (κ3) is 2.34. The van der Waals surface area contributed by atoms with Gasteiger partial charge < -0.3 is 0 Å². The predicted octanol–water partition coefficient (Wildman–Crippen LogP) is 4.03. The Morgan fingerprint density at radius 1 is 1.28 bits per heavy atom. The first-order chi connectivity index (χ1) is 8.71. The monoisotopic (exact) mass is 310 g/mol. The Hall–Kier alpha value is -1.16. The Morgan fingerprint density at radius 3 is 2.67 bits per heavy atom.